The lowest BCUT2D eigenvalue weighted by atomic mass is 9.80. The van der Waals surface area contributed by atoms with E-state index in [9.17, 15) is 4.79 Å². The topological polar surface area (TPSA) is 95.2 Å². The van der Waals surface area contributed by atoms with E-state index in [0.29, 0.717) is 43.9 Å². The number of fused-ring (bicyclic) bond motifs is 1. The van der Waals surface area contributed by atoms with Gasteiger partial charge in [0, 0.05) is 64.6 Å². The van der Waals surface area contributed by atoms with Crippen molar-refractivity contribution in [3.63, 3.8) is 0 Å². The number of amides is 1. The lowest BCUT2D eigenvalue weighted by molar-refractivity contribution is 0.0303. The predicted octanol–water partition coefficient (Wildman–Crippen LogP) is 3.82. The van der Waals surface area contributed by atoms with Crippen LogP contribution in [-0.2, 0) is 4.74 Å². The van der Waals surface area contributed by atoms with Crippen molar-refractivity contribution >= 4 is 22.8 Å². The lowest BCUT2D eigenvalue weighted by Gasteiger charge is -2.46. The third-order valence-electron chi connectivity index (χ3n) is 6.68. The van der Waals surface area contributed by atoms with Gasteiger partial charge in [0.05, 0.1) is 18.9 Å². The van der Waals surface area contributed by atoms with E-state index in [4.69, 9.17) is 9.72 Å². The van der Waals surface area contributed by atoms with Crippen LogP contribution in [0.2, 0.25) is 0 Å². The van der Waals surface area contributed by atoms with Crippen molar-refractivity contribution in [1.82, 2.24) is 25.2 Å². The molecule has 2 saturated heterocycles. The summed E-state index contributed by atoms with van der Waals surface area (Å²) in [5, 5.41) is 8.32. The summed E-state index contributed by atoms with van der Waals surface area (Å²) in [6.07, 6.45) is 5.75. The third kappa shape index (κ3) is 4.79. The number of ether oxygens (including phenoxy) is 1. The monoisotopic (exact) mass is 462 g/mol. The molecule has 2 aromatic heterocycles. The van der Waals surface area contributed by atoms with E-state index < -0.39 is 0 Å². The molecule has 1 amide bonds. The van der Waals surface area contributed by atoms with E-state index in [0.717, 1.165) is 35.0 Å². The number of piperidine rings is 1. The van der Waals surface area contributed by atoms with Crippen molar-refractivity contribution < 1.29 is 9.53 Å². The molecule has 4 heterocycles. The fourth-order valence-electron chi connectivity index (χ4n) is 5.61. The van der Waals surface area contributed by atoms with Crippen LogP contribution in [0.4, 0.5) is 5.95 Å². The van der Waals surface area contributed by atoms with Crippen molar-refractivity contribution in [2.75, 3.05) is 31.6 Å². The molecule has 2 aliphatic heterocycles. The second-order valence-electron chi connectivity index (χ2n) is 10.8. The molecular formula is C26H34N6O2. The minimum atomic E-state index is 0.0442. The number of nitrogens with one attached hydrogen (secondary N) is 3. The number of carbonyl (C=O) groups is 1. The summed E-state index contributed by atoms with van der Waals surface area (Å²) in [4.78, 5) is 27.4. The van der Waals surface area contributed by atoms with E-state index >= 15 is 0 Å². The lowest BCUT2D eigenvalue weighted by Crippen LogP contribution is -2.60. The van der Waals surface area contributed by atoms with Crippen LogP contribution in [0.25, 0.3) is 22.2 Å². The first-order valence-electron chi connectivity index (χ1n) is 12.1. The number of aromatic amines is 1. The van der Waals surface area contributed by atoms with Gasteiger partial charge in [-0.3, -0.25) is 4.79 Å². The Morgan fingerprint density at radius 2 is 1.85 bits per heavy atom. The fraction of sp³-hybridized carbons (Fsp3) is 0.500. The molecule has 0 saturated carbocycles. The summed E-state index contributed by atoms with van der Waals surface area (Å²) >= 11 is 0. The maximum atomic E-state index is 12.9. The van der Waals surface area contributed by atoms with Gasteiger partial charge in [0.25, 0.3) is 5.91 Å². The molecule has 0 spiro atoms. The standard InChI is InChI=1S/C26H34N6O2/c1-25(2)14-18(15-26(3,4)31-25)29-24-27-8-7-21(30-24)20-16-28-22-13-17(5-6-19(20)22)23(33)32-9-11-34-12-10-32/h5-8,13,16,18,28,31H,9-12,14-15H2,1-4H3,(H,27,29,30). The fourth-order valence-corrected chi connectivity index (χ4v) is 5.61. The van der Waals surface area contributed by atoms with Gasteiger partial charge in [-0.25, -0.2) is 9.97 Å². The third-order valence-corrected chi connectivity index (χ3v) is 6.68. The molecule has 5 rings (SSSR count). The van der Waals surface area contributed by atoms with Crippen molar-refractivity contribution in [3.8, 4) is 11.3 Å². The molecular weight excluding hydrogens is 428 g/mol. The van der Waals surface area contributed by atoms with Crippen LogP contribution in [0.15, 0.2) is 36.7 Å². The van der Waals surface area contributed by atoms with Crippen LogP contribution >= 0.6 is 0 Å². The van der Waals surface area contributed by atoms with Gasteiger partial charge in [-0.15, -0.1) is 0 Å². The van der Waals surface area contributed by atoms with Crippen molar-refractivity contribution in [3.05, 3.63) is 42.2 Å². The van der Waals surface area contributed by atoms with Gasteiger partial charge in [0.15, 0.2) is 0 Å². The molecule has 0 aliphatic carbocycles. The number of carbonyl (C=O) groups excluding carboxylic acids is 1. The molecule has 8 nitrogen and oxygen atoms in total. The first-order chi connectivity index (χ1) is 16.2. The van der Waals surface area contributed by atoms with Gasteiger partial charge in [-0.1, -0.05) is 6.07 Å². The highest BCUT2D eigenvalue weighted by Gasteiger charge is 2.37. The van der Waals surface area contributed by atoms with E-state index in [1.165, 1.54) is 0 Å². The molecule has 0 atom stereocenters. The molecule has 2 fully saturated rings. The largest absolute Gasteiger partial charge is 0.378 e. The van der Waals surface area contributed by atoms with Crippen LogP contribution < -0.4 is 10.6 Å². The Hall–Kier alpha value is -2.97. The maximum Gasteiger partial charge on any atom is 0.254 e. The van der Waals surface area contributed by atoms with Gasteiger partial charge in [0.2, 0.25) is 5.95 Å². The number of H-pyrrole nitrogens is 1. The molecule has 1 aromatic carbocycles. The minimum absolute atomic E-state index is 0.0442. The molecule has 34 heavy (non-hydrogen) atoms. The minimum Gasteiger partial charge on any atom is -0.378 e. The van der Waals surface area contributed by atoms with Gasteiger partial charge in [-0.2, -0.15) is 0 Å². The van der Waals surface area contributed by atoms with Crippen LogP contribution in [0.5, 0.6) is 0 Å². The second kappa shape index (κ2) is 8.67. The van der Waals surface area contributed by atoms with E-state index in [1.807, 2.05) is 35.4 Å². The number of benzene rings is 1. The number of hydrogen-bond acceptors (Lipinski definition) is 6. The zero-order valence-electron chi connectivity index (χ0n) is 20.4. The summed E-state index contributed by atoms with van der Waals surface area (Å²) in [6.45, 7) is 11.4. The van der Waals surface area contributed by atoms with E-state index in [1.54, 1.807) is 6.20 Å². The van der Waals surface area contributed by atoms with Crippen LogP contribution in [-0.4, -0.2) is 69.2 Å². The number of rotatable bonds is 4. The van der Waals surface area contributed by atoms with E-state index in [-0.39, 0.29) is 17.0 Å². The Kier molecular flexibility index (Phi) is 5.81. The van der Waals surface area contributed by atoms with Gasteiger partial charge >= 0.3 is 0 Å². The molecule has 8 heteroatoms. The summed E-state index contributed by atoms with van der Waals surface area (Å²) in [5.74, 6) is 0.687. The molecule has 180 valence electrons. The van der Waals surface area contributed by atoms with Crippen LogP contribution in [0.3, 0.4) is 0 Å². The van der Waals surface area contributed by atoms with Crippen LogP contribution in [0, 0.1) is 0 Å². The van der Waals surface area contributed by atoms with Gasteiger partial charge in [-0.05, 0) is 58.7 Å². The molecule has 0 radical (unpaired) electrons. The Morgan fingerprint density at radius 1 is 1.12 bits per heavy atom. The predicted molar refractivity (Wildman–Crippen MR) is 134 cm³/mol. The Balaban J connectivity index is 1.37. The highest BCUT2D eigenvalue weighted by atomic mass is 16.5. The summed E-state index contributed by atoms with van der Waals surface area (Å²) in [5.41, 5.74) is 3.54. The highest BCUT2D eigenvalue weighted by molar-refractivity contribution is 6.01. The summed E-state index contributed by atoms with van der Waals surface area (Å²) in [6, 6.07) is 8.05. The van der Waals surface area contributed by atoms with Crippen molar-refractivity contribution in [1.29, 1.82) is 0 Å². The smallest absolute Gasteiger partial charge is 0.254 e. The molecule has 0 bridgehead atoms. The first-order valence-corrected chi connectivity index (χ1v) is 12.1. The number of anilines is 1. The SMILES string of the molecule is CC1(C)CC(Nc2nccc(-c3c[nH]c4cc(C(=O)N5CCOCC5)ccc34)n2)CC(C)(C)N1. The molecule has 3 N–H and O–H groups in total. The van der Waals surface area contributed by atoms with Crippen molar-refractivity contribution in [2.24, 2.45) is 0 Å². The molecule has 2 aliphatic rings. The summed E-state index contributed by atoms with van der Waals surface area (Å²) < 4.78 is 5.37. The van der Waals surface area contributed by atoms with Crippen LogP contribution in [0.1, 0.15) is 50.9 Å². The molecule has 3 aromatic rings. The zero-order valence-corrected chi connectivity index (χ0v) is 20.4. The Morgan fingerprint density at radius 3 is 2.59 bits per heavy atom. The van der Waals surface area contributed by atoms with Gasteiger partial charge in [0.1, 0.15) is 0 Å². The summed E-state index contributed by atoms with van der Waals surface area (Å²) in [7, 11) is 0. The average Bonchev–Trinajstić information content (AvgIpc) is 3.20. The number of morpholine rings is 1. The number of aromatic nitrogens is 3. The van der Waals surface area contributed by atoms with Gasteiger partial charge < -0.3 is 25.3 Å². The first kappa shape index (κ1) is 22.8. The van der Waals surface area contributed by atoms with Crippen molar-refractivity contribution in [2.45, 2.75) is 57.7 Å². The maximum absolute atomic E-state index is 12.9. The quantitative estimate of drug-likeness (QED) is 0.546. The Labute approximate surface area is 200 Å². The van der Waals surface area contributed by atoms with E-state index in [2.05, 4.69) is 48.3 Å². The average molecular weight is 463 g/mol. The normalized spacial score (nSPS) is 20.4. The second-order valence-corrected chi connectivity index (χ2v) is 10.8. The number of nitrogens with zero attached hydrogens (tertiary/aromatic N) is 3. The highest BCUT2D eigenvalue weighted by Crippen LogP contribution is 2.31. The number of hydrogen-bond donors (Lipinski definition) is 3. The molecule has 0 unspecified atom stereocenters. The Bertz CT molecular complexity index is 1180. The zero-order chi connectivity index (χ0) is 23.9.